The van der Waals surface area contributed by atoms with Crippen LogP contribution in [0.1, 0.15) is 78.4 Å². The summed E-state index contributed by atoms with van der Waals surface area (Å²) in [4.78, 5) is 1.17. The molecule has 1 aromatic carbocycles. The lowest BCUT2D eigenvalue weighted by Gasteiger charge is -2.30. The van der Waals surface area contributed by atoms with Crippen LogP contribution in [0.2, 0.25) is 0 Å². The number of aliphatic hydroxyl groups is 1. The van der Waals surface area contributed by atoms with Crippen LogP contribution in [0, 0.1) is 0 Å². The highest BCUT2D eigenvalue weighted by molar-refractivity contribution is 8.00. The number of benzene rings is 1. The molecule has 23 heavy (non-hydrogen) atoms. The van der Waals surface area contributed by atoms with E-state index in [0.29, 0.717) is 5.75 Å². The average molecular weight is 337 g/mol. The molecule has 1 aliphatic carbocycles. The average Bonchev–Trinajstić information content (AvgIpc) is 2.40. The summed E-state index contributed by atoms with van der Waals surface area (Å²) >= 11 is 1.78. The molecule has 0 aromatic heterocycles. The summed E-state index contributed by atoms with van der Waals surface area (Å²) in [6, 6.07) is 4.24. The highest BCUT2D eigenvalue weighted by Crippen LogP contribution is 2.43. The number of phenols is 1. The van der Waals surface area contributed by atoms with Gasteiger partial charge in [-0.05, 0) is 35.8 Å². The predicted octanol–water partition coefficient (Wildman–Crippen LogP) is 5.38. The molecule has 1 aromatic rings. The zero-order chi connectivity index (χ0) is 17.4. The Morgan fingerprint density at radius 1 is 0.913 bits per heavy atom. The lowest BCUT2D eigenvalue weighted by Crippen LogP contribution is -2.26. The molecule has 0 saturated heterocycles. The Hall–Kier alpha value is -0.670. The van der Waals surface area contributed by atoms with Crippen LogP contribution in [-0.4, -0.2) is 21.6 Å². The van der Waals surface area contributed by atoms with E-state index in [1.807, 2.05) is 0 Å². The number of aromatic hydroxyl groups is 1. The number of aliphatic hydroxyl groups excluding tert-OH is 1. The second-order valence-electron chi connectivity index (χ2n) is 8.88. The van der Waals surface area contributed by atoms with Crippen molar-refractivity contribution < 1.29 is 10.2 Å². The lowest BCUT2D eigenvalue weighted by atomic mass is 9.79. The fourth-order valence-corrected chi connectivity index (χ4v) is 4.51. The van der Waals surface area contributed by atoms with Gasteiger partial charge in [-0.1, -0.05) is 54.4 Å². The summed E-state index contributed by atoms with van der Waals surface area (Å²) in [6.07, 6.45) is 4.11. The third-order valence-electron chi connectivity index (χ3n) is 4.65. The Morgan fingerprint density at radius 2 is 1.39 bits per heavy atom. The van der Waals surface area contributed by atoms with Crippen molar-refractivity contribution in [3.63, 3.8) is 0 Å². The molecule has 2 atom stereocenters. The van der Waals surface area contributed by atoms with Crippen LogP contribution in [0.25, 0.3) is 0 Å². The maximum Gasteiger partial charge on any atom is 0.123 e. The quantitative estimate of drug-likeness (QED) is 0.761. The zero-order valence-electron chi connectivity index (χ0n) is 15.4. The maximum absolute atomic E-state index is 10.8. The second kappa shape index (κ2) is 6.68. The summed E-state index contributed by atoms with van der Waals surface area (Å²) in [5.41, 5.74) is 1.79. The summed E-state index contributed by atoms with van der Waals surface area (Å²) in [6.45, 7) is 12.8. The topological polar surface area (TPSA) is 40.5 Å². The molecule has 0 spiro atoms. The van der Waals surface area contributed by atoms with Crippen molar-refractivity contribution in [3.8, 4) is 5.75 Å². The molecule has 2 N–H and O–H groups in total. The first-order valence-electron chi connectivity index (χ1n) is 8.73. The van der Waals surface area contributed by atoms with Gasteiger partial charge in [-0.25, -0.2) is 0 Å². The Labute approximate surface area is 145 Å². The highest BCUT2D eigenvalue weighted by Gasteiger charge is 2.29. The zero-order valence-corrected chi connectivity index (χ0v) is 16.3. The molecule has 0 radical (unpaired) electrons. The van der Waals surface area contributed by atoms with Gasteiger partial charge in [0.15, 0.2) is 0 Å². The van der Waals surface area contributed by atoms with Crippen molar-refractivity contribution in [1.82, 2.24) is 0 Å². The van der Waals surface area contributed by atoms with Crippen molar-refractivity contribution in [2.75, 3.05) is 0 Å². The molecule has 0 bridgehead atoms. The molecular weight excluding hydrogens is 304 g/mol. The van der Waals surface area contributed by atoms with E-state index >= 15 is 0 Å². The molecule has 130 valence electrons. The molecule has 0 unspecified atom stereocenters. The summed E-state index contributed by atoms with van der Waals surface area (Å²) in [7, 11) is 0. The van der Waals surface area contributed by atoms with Gasteiger partial charge in [0, 0.05) is 21.3 Å². The van der Waals surface area contributed by atoms with E-state index < -0.39 is 0 Å². The summed E-state index contributed by atoms with van der Waals surface area (Å²) in [5.74, 6) is 0.429. The van der Waals surface area contributed by atoms with Gasteiger partial charge in [-0.3, -0.25) is 0 Å². The molecule has 2 nitrogen and oxygen atoms in total. The van der Waals surface area contributed by atoms with Gasteiger partial charge < -0.3 is 10.2 Å². The third kappa shape index (κ3) is 4.45. The Kier molecular flexibility index (Phi) is 5.42. The number of phenolic OH excluding ortho intramolecular Hbond substituents is 1. The first kappa shape index (κ1) is 18.7. The fraction of sp³-hybridized carbons (Fsp3) is 0.700. The van der Waals surface area contributed by atoms with Gasteiger partial charge in [-0.15, -0.1) is 11.8 Å². The Morgan fingerprint density at radius 3 is 1.83 bits per heavy atom. The third-order valence-corrected chi connectivity index (χ3v) is 6.02. The van der Waals surface area contributed by atoms with Crippen molar-refractivity contribution >= 4 is 11.8 Å². The first-order valence-corrected chi connectivity index (χ1v) is 9.61. The normalized spacial score (nSPS) is 23.1. The van der Waals surface area contributed by atoms with E-state index in [4.69, 9.17) is 0 Å². The van der Waals surface area contributed by atoms with E-state index in [1.165, 1.54) is 11.3 Å². The van der Waals surface area contributed by atoms with Crippen molar-refractivity contribution in [3.05, 3.63) is 23.3 Å². The van der Waals surface area contributed by atoms with E-state index in [-0.39, 0.29) is 22.2 Å². The van der Waals surface area contributed by atoms with Gasteiger partial charge in [0.2, 0.25) is 0 Å². The number of hydrogen-bond acceptors (Lipinski definition) is 3. The predicted molar refractivity (Wildman–Crippen MR) is 99.6 cm³/mol. The van der Waals surface area contributed by atoms with Crippen LogP contribution >= 0.6 is 11.8 Å². The Bertz CT molecular complexity index is 517. The van der Waals surface area contributed by atoms with Crippen molar-refractivity contribution in [2.45, 2.75) is 94.3 Å². The molecule has 1 saturated carbocycles. The van der Waals surface area contributed by atoms with Gasteiger partial charge >= 0.3 is 0 Å². The molecule has 2 rings (SSSR count). The van der Waals surface area contributed by atoms with E-state index in [1.54, 1.807) is 11.8 Å². The standard InChI is InChI=1S/C20H32O2S/c1-19(2,3)14-11-13(12-15(18(14)22)20(4,5)6)23-17-10-8-7-9-16(17)21/h11-12,16-17,21-22H,7-10H2,1-6H3/t16-,17+/m1/s1. The monoisotopic (exact) mass is 336 g/mol. The lowest BCUT2D eigenvalue weighted by molar-refractivity contribution is 0.137. The molecule has 3 heteroatoms. The molecule has 1 aliphatic rings. The molecular formula is C20H32O2S. The van der Waals surface area contributed by atoms with Gasteiger partial charge in [0.1, 0.15) is 5.75 Å². The molecule has 0 heterocycles. The summed E-state index contributed by atoms with van der Waals surface area (Å²) in [5, 5.41) is 21.3. The minimum Gasteiger partial charge on any atom is -0.507 e. The smallest absolute Gasteiger partial charge is 0.123 e. The van der Waals surface area contributed by atoms with Gasteiger partial charge in [0.25, 0.3) is 0 Å². The SMILES string of the molecule is CC(C)(C)c1cc(S[C@H]2CCCC[C@H]2O)cc(C(C)(C)C)c1O. The number of rotatable bonds is 2. The van der Waals surface area contributed by atoms with Crippen LogP contribution in [0.5, 0.6) is 5.75 Å². The minimum absolute atomic E-state index is 0.105. The Balaban J connectivity index is 2.43. The van der Waals surface area contributed by atoms with E-state index in [9.17, 15) is 10.2 Å². The minimum atomic E-state index is -0.210. The van der Waals surface area contributed by atoms with E-state index in [0.717, 1.165) is 30.4 Å². The second-order valence-corrected chi connectivity index (χ2v) is 10.2. The summed E-state index contributed by atoms with van der Waals surface area (Å²) < 4.78 is 0. The van der Waals surface area contributed by atoms with E-state index in [2.05, 4.69) is 53.7 Å². The fourth-order valence-electron chi connectivity index (χ4n) is 3.21. The van der Waals surface area contributed by atoms with Gasteiger partial charge in [0.05, 0.1) is 6.10 Å². The number of hydrogen-bond donors (Lipinski definition) is 2. The van der Waals surface area contributed by atoms with Crippen LogP contribution < -0.4 is 0 Å². The van der Waals surface area contributed by atoms with Crippen LogP contribution in [-0.2, 0) is 10.8 Å². The largest absolute Gasteiger partial charge is 0.507 e. The van der Waals surface area contributed by atoms with Crippen LogP contribution in [0.4, 0.5) is 0 Å². The molecule has 0 aliphatic heterocycles. The maximum atomic E-state index is 10.8. The van der Waals surface area contributed by atoms with Crippen LogP contribution in [0.15, 0.2) is 17.0 Å². The number of thioether (sulfide) groups is 1. The molecule has 0 amide bonds. The van der Waals surface area contributed by atoms with Gasteiger partial charge in [-0.2, -0.15) is 0 Å². The van der Waals surface area contributed by atoms with Crippen LogP contribution in [0.3, 0.4) is 0 Å². The highest BCUT2D eigenvalue weighted by atomic mass is 32.2. The van der Waals surface area contributed by atoms with Crippen molar-refractivity contribution in [2.24, 2.45) is 0 Å². The first-order chi connectivity index (χ1) is 10.5. The van der Waals surface area contributed by atoms with Crippen molar-refractivity contribution in [1.29, 1.82) is 0 Å². The molecule has 1 fully saturated rings.